The van der Waals surface area contributed by atoms with Crippen LogP contribution in [-0.4, -0.2) is 48.2 Å². The van der Waals surface area contributed by atoms with E-state index in [1.54, 1.807) is 18.0 Å². The molecule has 1 fully saturated rings. The number of hydrogen-bond donors (Lipinski definition) is 1. The Bertz CT molecular complexity index is 765. The van der Waals surface area contributed by atoms with E-state index in [2.05, 4.69) is 50.0 Å². The highest BCUT2D eigenvalue weighted by atomic mass is 32.2. The highest BCUT2D eigenvalue weighted by Gasteiger charge is 2.33. The molecule has 1 saturated heterocycles. The van der Waals surface area contributed by atoms with Gasteiger partial charge in [-0.2, -0.15) is 0 Å². The van der Waals surface area contributed by atoms with Gasteiger partial charge in [-0.15, -0.1) is 11.8 Å². The Hall–Kier alpha value is -1.76. The normalized spacial score (nSPS) is 20.9. The van der Waals surface area contributed by atoms with E-state index < -0.39 is 0 Å². The highest BCUT2D eigenvalue weighted by molar-refractivity contribution is 7.98. The molecule has 1 aliphatic rings. The number of nitrogens with zero attached hydrogens (tertiary/aromatic N) is 1. The Morgan fingerprint density at radius 1 is 1.18 bits per heavy atom. The molecule has 2 atom stereocenters. The third kappa shape index (κ3) is 5.40. The summed E-state index contributed by atoms with van der Waals surface area (Å²) in [7, 11) is 0. The van der Waals surface area contributed by atoms with Crippen LogP contribution in [0.4, 0.5) is 0 Å². The average Bonchev–Trinajstić information content (AvgIpc) is 3.13. The van der Waals surface area contributed by atoms with E-state index >= 15 is 0 Å². The van der Waals surface area contributed by atoms with Crippen molar-refractivity contribution in [2.75, 3.05) is 19.6 Å². The third-order valence-electron chi connectivity index (χ3n) is 5.05. The van der Waals surface area contributed by atoms with E-state index in [0.29, 0.717) is 18.1 Å². The molecule has 1 aliphatic heterocycles. The molecule has 1 aromatic heterocycles. The fraction of sp³-hybridized carbons (Fsp3) is 0.500. The van der Waals surface area contributed by atoms with E-state index in [4.69, 9.17) is 9.15 Å². The highest BCUT2D eigenvalue weighted by Crippen LogP contribution is 2.25. The maximum Gasteiger partial charge on any atom is 0.287 e. The molecule has 28 heavy (non-hydrogen) atoms. The van der Waals surface area contributed by atoms with Crippen molar-refractivity contribution >= 4 is 17.7 Å². The summed E-state index contributed by atoms with van der Waals surface area (Å²) < 4.78 is 11.3. The monoisotopic (exact) mass is 402 g/mol. The summed E-state index contributed by atoms with van der Waals surface area (Å²) >= 11 is 1.69. The number of furan rings is 1. The number of rotatable bonds is 7. The molecule has 1 aromatic carbocycles. The maximum atomic E-state index is 12.7. The Morgan fingerprint density at radius 2 is 1.86 bits per heavy atom. The second-order valence-corrected chi connectivity index (χ2v) is 9.08. The van der Waals surface area contributed by atoms with Crippen LogP contribution in [0.15, 0.2) is 52.0 Å². The maximum absolute atomic E-state index is 12.7. The zero-order valence-electron chi connectivity index (χ0n) is 17.1. The van der Waals surface area contributed by atoms with Gasteiger partial charge < -0.3 is 14.5 Å². The lowest BCUT2D eigenvalue weighted by Crippen LogP contribution is -2.58. The predicted octanol–water partition coefficient (Wildman–Crippen LogP) is 4.19. The largest absolute Gasteiger partial charge is 0.459 e. The number of nitrogens with one attached hydrogen (secondary N) is 1. The lowest BCUT2D eigenvalue weighted by molar-refractivity contribution is -0.0948. The summed E-state index contributed by atoms with van der Waals surface area (Å²) in [6.07, 6.45) is 1.99. The van der Waals surface area contributed by atoms with Crippen LogP contribution in [0.5, 0.6) is 0 Å². The number of morpholine rings is 1. The molecule has 5 nitrogen and oxygen atoms in total. The van der Waals surface area contributed by atoms with Gasteiger partial charge in [-0.1, -0.05) is 18.2 Å². The van der Waals surface area contributed by atoms with E-state index in [-0.39, 0.29) is 23.7 Å². The summed E-state index contributed by atoms with van der Waals surface area (Å²) in [6.45, 7) is 10.8. The lowest BCUT2D eigenvalue weighted by Gasteiger charge is -2.45. The number of hydrogen-bond acceptors (Lipinski definition) is 5. The molecule has 0 radical (unpaired) electrons. The van der Waals surface area contributed by atoms with Crippen LogP contribution in [0.2, 0.25) is 0 Å². The zero-order valence-corrected chi connectivity index (χ0v) is 17.9. The molecule has 0 bridgehead atoms. The molecule has 152 valence electrons. The number of amides is 1. The van der Waals surface area contributed by atoms with Gasteiger partial charge in [0, 0.05) is 41.4 Å². The molecule has 0 spiro atoms. The number of thioether (sulfide) groups is 1. The van der Waals surface area contributed by atoms with Crippen LogP contribution >= 0.6 is 11.8 Å². The van der Waals surface area contributed by atoms with E-state index in [9.17, 15) is 4.79 Å². The van der Waals surface area contributed by atoms with E-state index in [0.717, 1.165) is 18.7 Å². The van der Waals surface area contributed by atoms with Crippen LogP contribution in [0.1, 0.15) is 43.8 Å². The summed E-state index contributed by atoms with van der Waals surface area (Å²) in [6, 6.07) is 12.0. The Morgan fingerprint density at radius 3 is 2.54 bits per heavy atom. The molecular weight excluding hydrogens is 372 g/mol. The molecule has 0 saturated carbocycles. The molecule has 2 unspecified atom stereocenters. The van der Waals surface area contributed by atoms with Crippen molar-refractivity contribution in [2.45, 2.75) is 56.1 Å². The molecule has 2 aromatic rings. The molecule has 1 N–H and O–H groups in total. The molecule has 0 aliphatic carbocycles. The quantitative estimate of drug-likeness (QED) is 0.704. The minimum absolute atomic E-state index is 0.156. The Labute approximate surface area is 171 Å². The van der Waals surface area contributed by atoms with Gasteiger partial charge in [-0.25, -0.2) is 0 Å². The molecule has 2 heterocycles. The topological polar surface area (TPSA) is 54.7 Å². The average molecular weight is 403 g/mol. The summed E-state index contributed by atoms with van der Waals surface area (Å²) in [5.74, 6) is 0.949. The summed E-state index contributed by atoms with van der Waals surface area (Å²) in [5.41, 5.74) is 0.755. The molecule has 1 amide bonds. The van der Waals surface area contributed by atoms with Crippen molar-refractivity contribution in [1.29, 1.82) is 0 Å². The van der Waals surface area contributed by atoms with Crippen molar-refractivity contribution in [2.24, 2.45) is 0 Å². The second-order valence-electron chi connectivity index (χ2n) is 8.03. The van der Waals surface area contributed by atoms with E-state index in [1.165, 1.54) is 4.90 Å². The van der Waals surface area contributed by atoms with Crippen molar-refractivity contribution in [3.63, 3.8) is 0 Å². The van der Waals surface area contributed by atoms with Gasteiger partial charge in [-0.3, -0.25) is 9.69 Å². The third-order valence-corrected chi connectivity index (χ3v) is 6.11. The number of carbonyl (C=O) groups is 1. The smallest absolute Gasteiger partial charge is 0.287 e. The van der Waals surface area contributed by atoms with Gasteiger partial charge in [0.05, 0.1) is 18.5 Å². The standard InChI is InChI=1S/C22H30N2O3S/c1-16-12-24(13-17(2)27-16)22(3,4)15-23-21(25)20-18(10-11-26-20)14-28-19-8-6-5-7-9-19/h5-11,16-17H,12-15H2,1-4H3,(H,23,25). The predicted molar refractivity (Wildman–Crippen MR) is 113 cm³/mol. The summed E-state index contributed by atoms with van der Waals surface area (Å²) in [5, 5.41) is 3.07. The minimum atomic E-state index is -0.159. The van der Waals surface area contributed by atoms with Gasteiger partial charge in [-0.05, 0) is 45.9 Å². The Balaban J connectivity index is 1.57. The first kappa shape index (κ1) is 21.0. The Kier molecular flexibility index (Phi) is 6.86. The molecule has 6 heteroatoms. The van der Waals surface area contributed by atoms with Crippen molar-refractivity contribution in [3.05, 3.63) is 54.0 Å². The fourth-order valence-electron chi connectivity index (χ4n) is 3.49. The molecular formula is C22H30N2O3S. The number of benzene rings is 1. The zero-order chi connectivity index (χ0) is 20.1. The van der Waals surface area contributed by atoms with Gasteiger partial charge in [0.25, 0.3) is 5.91 Å². The first-order valence-electron chi connectivity index (χ1n) is 9.78. The van der Waals surface area contributed by atoms with E-state index in [1.807, 2.05) is 24.3 Å². The van der Waals surface area contributed by atoms with Gasteiger partial charge in [0.15, 0.2) is 5.76 Å². The first-order valence-corrected chi connectivity index (χ1v) is 10.8. The lowest BCUT2D eigenvalue weighted by atomic mass is 10.00. The van der Waals surface area contributed by atoms with Crippen molar-refractivity contribution in [1.82, 2.24) is 10.2 Å². The van der Waals surface area contributed by atoms with Gasteiger partial charge in [0.2, 0.25) is 0 Å². The van der Waals surface area contributed by atoms with Gasteiger partial charge in [0.1, 0.15) is 0 Å². The molecule has 3 rings (SSSR count). The minimum Gasteiger partial charge on any atom is -0.459 e. The van der Waals surface area contributed by atoms with Crippen LogP contribution < -0.4 is 5.32 Å². The van der Waals surface area contributed by atoms with Crippen LogP contribution in [-0.2, 0) is 10.5 Å². The van der Waals surface area contributed by atoms with Crippen LogP contribution in [0.25, 0.3) is 0 Å². The second kappa shape index (κ2) is 9.16. The first-order chi connectivity index (χ1) is 13.3. The SMILES string of the molecule is CC1CN(C(C)(C)CNC(=O)c2occc2CSc2ccccc2)CC(C)O1. The number of ether oxygens (including phenoxy) is 1. The van der Waals surface area contributed by atoms with Crippen molar-refractivity contribution < 1.29 is 13.9 Å². The van der Waals surface area contributed by atoms with Gasteiger partial charge >= 0.3 is 0 Å². The van der Waals surface area contributed by atoms with Crippen LogP contribution in [0.3, 0.4) is 0 Å². The van der Waals surface area contributed by atoms with Crippen LogP contribution in [0, 0.1) is 0 Å². The van der Waals surface area contributed by atoms with Crippen molar-refractivity contribution in [3.8, 4) is 0 Å². The number of carbonyl (C=O) groups excluding carboxylic acids is 1. The summed E-state index contributed by atoms with van der Waals surface area (Å²) in [4.78, 5) is 16.3. The fourth-order valence-corrected chi connectivity index (χ4v) is 4.39.